The van der Waals surface area contributed by atoms with Crippen LogP contribution in [0.1, 0.15) is 15.9 Å². The van der Waals surface area contributed by atoms with Crippen LogP contribution in [0.5, 0.6) is 28.7 Å². The largest absolute Gasteiger partial charge is 0.504 e. The summed E-state index contributed by atoms with van der Waals surface area (Å²) < 4.78 is 10.5. The highest BCUT2D eigenvalue weighted by atomic mass is 16.5. The van der Waals surface area contributed by atoms with Crippen molar-refractivity contribution in [3.8, 4) is 28.7 Å². The molecule has 0 saturated carbocycles. The third-order valence-electron chi connectivity index (χ3n) is 3.27. The minimum Gasteiger partial charge on any atom is -0.504 e. The molecule has 1 heterocycles. The molecular formula is C16H12O6. The molecule has 0 unspecified atom stereocenters. The monoisotopic (exact) mass is 300 g/mol. The van der Waals surface area contributed by atoms with Gasteiger partial charge >= 0.3 is 0 Å². The molecule has 0 spiro atoms. The summed E-state index contributed by atoms with van der Waals surface area (Å²) in [5.74, 6) is -0.768. The molecule has 0 atom stereocenters. The molecule has 3 rings (SSSR count). The summed E-state index contributed by atoms with van der Waals surface area (Å²) in [5, 5.41) is 28.5. The molecule has 112 valence electrons. The van der Waals surface area contributed by atoms with Crippen LogP contribution < -0.4 is 9.47 Å². The van der Waals surface area contributed by atoms with Crippen molar-refractivity contribution >= 4 is 11.9 Å². The molecule has 1 aliphatic heterocycles. The normalized spacial score (nSPS) is 14.8. The van der Waals surface area contributed by atoms with E-state index in [-0.39, 0.29) is 45.9 Å². The lowest BCUT2D eigenvalue weighted by molar-refractivity contribution is 0.101. The van der Waals surface area contributed by atoms with E-state index in [1.54, 1.807) is 0 Å². The molecule has 6 nitrogen and oxygen atoms in total. The van der Waals surface area contributed by atoms with Crippen LogP contribution in [0.15, 0.2) is 36.1 Å². The number of ketones is 1. The van der Waals surface area contributed by atoms with Gasteiger partial charge in [-0.3, -0.25) is 4.79 Å². The van der Waals surface area contributed by atoms with Crippen molar-refractivity contribution < 1.29 is 29.6 Å². The lowest BCUT2D eigenvalue weighted by atomic mass is 10.1. The van der Waals surface area contributed by atoms with Crippen molar-refractivity contribution in [2.45, 2.75) is 0 Å². The Morgan fingerprint density at radius 1 is 1.05 bits per heavy atom. The highest BCUT2D eigenvalue weighted by Crippen LogP contribution is 2.45. The van der Waals surface area contributed by atoms with E-state index in [9.17, 15) is 20.1 Å². The number of fused-ring (bicyclic) bond motifs is 1. The van der Waals surface area contributed by atoms with E-state index in [2.05, 4.69) is 0 Å². The zero-order valence-corrected chi connectivity index (χ0v) is 11.5. The molecule has 0 aromatic heterocycles. The van der Waals surface area contributed by atoms with E-state index in [0.717, 1.165) is 0 Å². The Bertz CT molecular complexity index is 807. The number of phenolic OH excluding ortho intramolecular Hbond substituents is 3. The van der Waals surface area contributed by atoms with Crippen molar-refractivity contribution in [3.63, 3.8) is 0 Å². The molecular weight excluding hydrogens is 288 g/mol. The van der Waals surface area contributed by atoms with E-state index < -0.39 is 0 Å². The first-order valence-corrected chi connectivity index (χ1v) is 6.37. The molecule has 0 amide bonds. The molecule has 3 N–H and O–H groups in total. The van der Waals surface area contributed by atoms with Gasteiger partial charge in [0.05, 0.1) is 12.7 Å². The third kappa shape index (κ3) is 2.10. The molecule has 0 fully saturated rings. The Balaban J connectivity index is 2.03. The fourth-order valence-corrected chi connectivity index (χ4v) is 2.20. The second-order valence-corrected chi connectivity index (χ2v) is 4.68. The van der Waals surface area contributed by atoms with Gasteiger partial charge in [0.25, 0.3) is 0 Å². The number of phenols is 3. The maximum absolute atomic E-state index is 12.3. The first kappa shape index (κ1) is 13.8. The van der Waals surface area contributed by atoms with Gasteiger partial charge in [0.1, 0.15) is 0 Å². The van der Waals surface area contributed by atoms with Crippen LogP contribution in [0.25, 0.3) is 6.08 Å². The van der Waals surface area contributed by atoms with Crippen LogP contribution in [0.4, 0.5) is 0 Å². The summed E-state index contributed by atoms with van der Waals surface area (Å²) in [4.78, 5) is 12.3. The highest BCUT2D eigenvalue weighted by Gasteiger charge is 2.31. The molecule has 22 heavy (non-hydrogen) atoms. The molecule has 0 radical (unpaired) electrons. The van der Waals surface area contributed by atoms with Gasteiger partial charge < -0.3 is 24.8 Å². The molecule has 2 aromatic carbocycles. The van der Waals surface area contributed by atoms with Crippen molar-refractivity contribution in [1.29, 1.82) is 0 Å². The predicted molar refractivity (Wildman–Crippen MR) is 77.4 cm³/mol. The predicted octanol–water partition coefficient (Wildman–Crippen LogP) is 2.43. The number of hydrogen-bond donors (Lipinski definition) is 3. The number of rotatable bonds is 2. The van der Waals surface area contributed by atoms with Crippen molar-refractivity contribution in [1.82, 2.24) is 0 Å². The summed E-state index contributed by atoms with van der Waals surface area (Å²) in [5.41, 5.74) is 0.763. The van der Waals surface area contributed by atoms with Crippen LogP contribution in [0, 0.1) is 0 Å². The molecule has 1 aliphatic rings. The number of aromatic hydroxyl groups is 3. The highest BCUT2D eigenvalue weighted by molar-refractivity contribution is 6.15. The van der Waals surface area contributed by atoms with E-state index in [1.807, 2.05) is 0 Å². The number of carbonyl (C=O) groups excluding carboxylic acids is 1. The summed E-state index contributed by atoms with van der Waals surface area (Å²) in [7, 11) is 1.36. The Morgan fingerprint density at radius 3 is 2.45 bits per heavy atom. The number of benzene rings is 2. The van der Waals surface area contributed by atoms with Crippen LogP contribution >= 0.6 is 0 Å². The number of Topliss-reactive ketones (excluding diaryl/α,β-unsaturated/α-hetero) is 1. The summed E-state index contributed by atoms with van der Waals surface area (Å²) >= 11 is 0. The maximum atomic E-state index is 12.3. The maximum Gasteiger partial charge on any atom is 0.232 e. The summed E-state index contributed by atoms with van der Waals surface area (Å²) in [6, 6.07) is 6.94. The van der Waals surface area contributed by atoms with Gasteiger partial charge in [0, 0.05) is 0 Å². The quantitative estimate of drug-likeness (QED) is 0.582. The average Bonchev–Trinajstić information content (AvgIpc) is 2.79. The van der Waals surface area contributed by atoms with Gasteiger partial charge in [-0.05, 0) is 35.9 Å². The Hall–Kier alpha value is -3.15. The van der Waals surface area contributed by atoms with Gasteiger partial charge in [-0.15, -0.1) is 0 Å². The Morgan fingerprint density at radius 2 is 1.77 bits per heavy atom. The van der Waals surface area contributed by atoms with Gasteiger partial charge in [0.15, 0.2) is 28.8 Å². The van der Waals surface area contributed by atoms with Gasteiger partial charge in [-0.2, -0.15) is 0 Å². The second-order valence-electron chi connectivity index (χ2n) is 4.68. The van der Waals surface area contributed by atoms with Gasteiger partial charge in [-0.25, -0.2) is 0 Å². The SMILES string of the molecule is COc1c(O)ccc2c1O/C(=C\c1ccc(O)c(O)c1)C2=O. The minimum absolute atomic E-state index is 0.0315. The Kier molecular flexibility index (Phi) is 3.14. The number of hydrogen-bond acceptors (Lipinski definition) is 6. The van der Waals surface area contributed by atoms with Crippen LogP contribution in [-0.4, -0.2) is 28.2 Å². The number of carbonyl (C=O) groups is 1. The standard InChI is InChI=1S/C16H12O6/c1-21-16-11(18)5-3-9-14(20)13(22-15(9)16)7-8-2-4-10(17)12(19)6-8/h2-7,17-19H,1H3/b13-7-. The molecule has 6 heteroatoms. The van der Waals surface area contributed by atoms with E-state index in [1.165, 1.54) is 43.5 Å². The van der Waals surface area contributed by atoms with E-state index in [0.29, 0.717) is 5.56 Å². The number of ether oxygens (including phenoxy) is 2. The van der Waals surface area contributed by atoms with Crippen molar-refractivity contribution in [2.75, 3.05) is 7.11 Å². The number of allylic oxidation sites excluding steroid dienone is 1. The van der Waals surface area contributed by atoms with Gasteiger partial charge in [-0.1, -0.05) is 6.07 Å². The first-order valence-electron chi connectivity index (χ1n) is 6.37. The lowest BCUT2D eigenvalue weighted by Gasteiger charge is -2.07. The van der Waals surface area contributed by atoms with Gasteiger partial charge in [0.2, 0.25) is 11.5 Å². The van der Waals surface area contributed by atoms with E-state index in [4.69, 9.17) is 9.47 Å². The fraction of sp³-hybridized carbons (Fsp3) is 0.0625. The minimum atomic E-state index is -0.360. The molecule has 0 saturated heterocycles. The topological polar surface area (TPSA) is 96.2 Å². The van der Waals surface area contributed by atoms with Crippen LogP contribution in [0.3, 0.4) is 0 Å². The van der Waals surface area contributed by atoms with E-state index >= 15 is 0 Å². The smallest absolute Gasteiger partial charge is 0.232 e. The third-order valence-corrected chi connectivity index (χ3v) is 3.27. The lowest BCUT2D eigenvalue weighted by Crippen LogP contribution is -1.97. The fourth-order valence-electron chi connectivity index (χ4n) is 2.20. The van der Waals surface area contributed by atoms with Crippen LogP contribution in [-0.2, 0) is 0 Å². The summed E-state index contributed by atoms with van der Waals surface area (Å²) in [6.45, 7) is 0. The average molecular weight is 300 g/mol. The number of methoxy groups -OCH3 is 1. The molecule has 2 aromatic rings. The second kappa shape index (κ2) is 5.00. The Labute approximate surface area is 125 Å². The van der Waals surface area contributed by atoms with Crippen LogP contribution in [0.2, 0.25) is 0 Å². The summed E-state index contributed by atoms with van der Waals surface area (Å²) in [6.07, 6.45) is 1.43. The van der Waals surface area contributed by atoms with Crippen molar-refractivity contribution in [3.05, 3.63) is 47.2 Å². The van der Waals surface area contributed by atoms with Crippen molar-refractivity contribution in [2.24, 2.45) is 0 Å². The zero-order chi connectivity index (χ0) is 15.9. The molecule has 0 aliphatic carbocycles. The first-order chi connectivity index (χ1) is 10.5. The molecule has 0 bridgehead atoms. The zero-order valence-electron chi connectivity index (χ0n) is 11.5.